The molecule has 0 aliphatic carbocycles. The van der Waals surface area contributed by atoms with Crippen LogP contribution in [-0.4, -0.2) is 46.7 Å². The zero-order chi connectivity index (χ0) is 12.6. The van der Waals surface area contributed by atoms with E-state index in [4.69, 9.17) is 5.11 Å². The van der Waals surface area contributed by atoms with Gasteiger partial charge >= 0.3 is 5.97 Å². The summed E-state index contributed by atoms with van der Waals surface area (Å²) in [5.41, 5.74) is 0. The highest BCUT2D eigenvalue weighted by Crippen LogP contribution is 2.23. The lowest BCUT2D eigenvalue weighted by molar-refractivity contribution is -0.141. The van der Waals surface area contributed by atoms with Gasteiger partial charge in [0.25, 0.3) is 0 Å². The maximum atomic E-state index is 12.1. The number of nitrogens with zero attached hydrogens (tertiary/aromatic N) is 3. The topological polar surface area (TPSA) is 92.5 Å². The Hall–Kier alpha value is -1.41. The molecule has 1 aliphatic rings. The average molecular weight is 259 g/mol. The molecule has 1 atom stereocenters. The number of aryl methyl sites for hydroxylation is 1. The highest BCUT2D eigenvalue weighted by atomic mass is 32.2. The van der Waals surface area contributed by atoms with Crippen molar-refractivity contribution in [1.29, 1.82) is 0 Å². The summed E-state index contributed by atoms with van der Waals surface area (Å²) >= 11 is 0. The Bertz CT molecular complexity index is 536. The summed E-state index contributed by atoms with van der Waals surface area (Å²) in [5, 5.41) is 12.6. The van der Waals surface area contributed by atoms with Crippen LogP contribution in [0.4, 0.5) is 0 Å². The van der Waals surface area contributed by atoms with Crippen LogP contribution in [0.5, 0.6) is 0 Å². The van der Waals surface area contributed by atoms with E-state index in [1.807, 2.05) is 0 Å². The minimum absolute atomic E-state index is 0.0343. The lowest BCUT2D eigenvalue weighted by Crippen LogP contribution is -2.29. The van der Waals surface area contributed by atoms with Gasteiger partial charge in [0.15, 0.2) is 0 Å². The number of carboxylic acid groups (broad SMARTS) is 1. The van der Waals surface area contributed by atoms with Crippen LogP contribution in [-0.2, 0) is 21.9 Å². The third-order valence-electron chi connectivity index (χ3n) is 2.82. The second-order valence-corrected chi connectivity index (χ2v) is 5.97. The molecule has 7 nitrogen and oxygen atoms in total. The fourth-order valence-corrected chi connectivity index (χ4v) is 3.32. The van der Waals surface area contributed by atoms with Gasteiger partial charge in [0.2, 0.25) is 10.0 Å². The van der Waals surface area contributed by atoms with Crippen LogP contribution in [0.1, 0.15) is 6.42 Å². The van der Waals surface area contributed by atoms with Crippen LogP contribution in [0.25, 0.3) is 0 Å². The molecular formula is C9H13N3O4S. The first-order chi connectivity index (χ1) is 7.91. The molecule has 0 bridgehead atoms. The van der Waals surface area contributed by atoms with Crippen LogP contribution in [0.3, 0.4) is 0 Å². The summed E-state index contributed by atoms with van der Waals surface area (Å²) in [5.74, 6) is -1.56. The van der Waals surface area contributed by atoms with Crippen LogP contribution >= 0.6 is 0 Å². The molecule has 1 fully saturated rings. The van der Waals surface area contributed by atoms with Crippen molar-refractivity contribution in [2.45, 2.75) is 11.3 Å². The van der Waals surface area contributed by atoms with Gasteiger partial charge in [0.1, 0.15) is 4.90 Å². The first-order valence-electron chi connectivity index (χ1n) is 5.13. The Labute approximate surface area is 98.7 Å². The zero-order valence-corrected chi connectivity index (χ0v) is 10.1. The van der Waals surface area contributed by atoms with E-state index in [0.29, 0.717) is 6.42 Å². The molecule has 1 saturated heterocycles. The quantitative estimate of drug-likeness (QED) is 0.791. The first-order valence-corrected chi connectivity index (χ1v) is 6.57. The predicted molar refractivity (Wildman–Crippen MR) is 57.7 cm³/mol. The van der Waals surface area contributed by atoms with Gasteiger partial charge in [0.05, 0.1) is 12.1 Å². The van der Waals surface area contributed by atoms with Crippen LogP contribution in [0, 0.1) is 5.92 Å². The third kappa shape index (κ3) is 2.18. The molecule has 94 valence electrons. The van der Waals surface area contributed by atoms with E-state index >= 15 is 0 Å². The van der Waals surface area contributed by atoms with Gasteiger partial charge < -0.3 is 5.11 Å². The molecule has 0 radical (unpaired) electrons. The minimum Gasteiger partial charge on any atom is -0.481 e. The summed E-state index contributed by atoms with van der Waals surface area (Å²) < 4.78 is 26.8. The number of carbonyl (C=O) groups is 1. The van der Waals surface area contributed by atoms with Gasteiger partial charge in [-0.2, -0.15) is 9.40 Å². The van der Waals surface area contributed by atoms with E-state index in [9.17, 15) is 13.2 Å². The summed E-state index contributed by atoms with van der Waals surface area (Å²) in [6.07, 6.45) is 3.03. The van der Waals surface area contributed by atoms with Crippen LogP contribution < -0.4 is 0 Å². The van der Waals surface area contributed by atoms with Gasteiger partial charge in [-0.25, -0.2) is 8.42 Å². The molecule has 1 aromatic heterocycles. The molecule has 17 heavy (non-hydrogen) atoms. The van der Waals surface area contributed by atoms with Gasteiger partial charge in [-0.05, 0) is 6.42 Å². The molecule has 1 aromatic rings. The third-order valence-corrected chi connectivity index (χ3v) is 4.64. The maximum Gasteiger partial charge on any atom is 0.307 e. The molecule has 0 amide bonds. The van der Waals surface area contributed by atoms with E-state index in [1.165, 1.54) is 21.4 Å². The summed E-state index contributed by atoms with van der Waals surface area (Å²) in [6.45, 7) is 0.279. The molecule has 2 heterocycles. The fraction of sp³-hybridized carbons (Fsp3) is 0.556. The molecule has 8 heteroatoms. The number of carboxylic acids is 1. The zero-order valence-electron chi connectivity index (χ0n) is 9.28. The number of sulfonamides is 1. The van der Waals surface area contributed by atoms with Gasteiger partial charge in [-0.15, -0.1) is 0 Å². The smallest absolute Gasteiger partial charge is 0.307 e. The highest BCUT2D eigenvalue weighted by molar-refractivity contribution is 7.89. The normalized spacial score (nSPS) is 21.8. The number of hydrogen-bond acceptors (Lipinski definition) is 4. The number of rotatable bonds is 3. The van der Waals surface area contributed by atoms with Gasteiger partial charge in [-0.1, -0.05) is 0 Å². The van der Waals surface area contributed by atoms with Crippen molar-refractivity contribution >= 4 is 16.0 Å². The molecule has 0 aromatic carbocycles. The van der Waals surface area contributed by atoms with Crippen molar-refractivity contribution in [3.8, 4) is 0 Å². The summed E-state index contributed by atoms with van der Waals surface area (Å²) in [6, 6.07) is 0. The fourth-order valence-electron chi connectivity index (χ4n) is 1.83. The Balaban J connectivity index is 2.21. The standard InChI is InChI=1S/C9H13N3O4S/c1-11-6-8(4-10-11)17(15,16)12-3-2-7(5-12)9(13)14/h4,6-7H,2-3,5H2,1H3,(H,13,14). The van der Waals surface area contributed by atoms with Gasteiger partial charge in [-0.3, -0.25) is 9.48 Å². The first kappa shape index (κ1) is 12.1. The number of aliphatic carboxylic acids is 1. The molecular weight excluding hydrogens is 246 g/mol. The van der Waals surface area contributed by atoms with Crippen molar-refractivity contribution < 1.29 is 18.3 Å². The number of hydrogen-bond donors (Lipinski definition) is 1. The highest BCUT2D eigenvalue weighted by Gasteiger charge is 2.36. The van der Waals surface area contributed by atoms with Crippen molar-refractivity contribution in [3.63, 3.8) is 0 Å². The lowest BCUT2D eigenvalue weighted by Gasteiger charge is -2.14. The molecule has 0 spiro atoms. The van der Waals surface area contributed by atoms with Crippen molar-refractivity contribution in [3.05, 3.63) is 12.4 Å². The van der Waals surface area contributed by atoms with E-state index in [0.717, 1.165) is 0 Å². The second-order valence-electron chi connectivity index (χ2n) is 4.04. The van der Waals surface area contributed by atoms with E-state index in [1.54, 1.807) is 7.05 Å². The Morgan fingerprint density at radius 3 is 2.76 bits per heavy atom. The van der Waals surface area contributed by atoms with Crippen molar-refractivity contribution in [1.82, 2.24) is 14.1 Å². The molecule has 1 N–H and O–H groups in total. The van der Waals surface area contributed by atoms with Crippen LogP contribution in [0.15, 0.2) is 17.3 Å². The Kier molecular flexibility index (Phi) is 2.92. The minimum atomic E-state index is -3.60. The summed E-state index contributed by atoms with van der Waals surface area (Å²) in [7, 11) is -1.97. The lowest BCUT2D eigenvalue weighted by atomic mass is 10.1. The van der Waals surface area contributed by atoms with Crippen LogP contribution in [0.2, 0.25) is 0 Å². The molecule has 1 unspecified atom stereocenters. The maximum absolute atomic E-state index is 12.1. The molecule has 2 rings (SSSR count). The van der Waals surface area contributed by atoms with Crippen molar-refractivity contribution in [2.24, 2.45) is 13.0 Å². The summed E-state index contributed by atoms with van der Waals surface area (Å²) in [4.78, 5) is 10.9. The van der Waals surface area contributed by atoms with E-state index in [-0.39, 0.29) is 18.0 Å². The van der Waals surface area contributed by atoms with Crippen molar-refractivity contribution in [2.75, 3.05) is 13.1 Å². The SMILES string of the molecule is Cn1cc(S(=O)(=O)N2CCC(C(=O)O)C2)cn1. The molecule has 1 aliphatic heterocycles. The van der Waals surface area contributed by atoms with E-state index < -0.39 is 21.9 Å². The monoisotopic (exact) mass is 259 g/mol. The molecule has 0 saturated carbocycles. The van der Waals surface area contributed by atoms with Gasteiger partial charge in [0, 0.05) is 26.3 Å². The largest absolute Gasteiger partial charge is 0.481 e. The second kappa shape index (κ2) is 4.11. The van der Waals surface area contributed by atoms with E-state index in [2.05, 4.69) is 5.10 Å². The average Bonchev–Trinajstić information content (AvgIpc) is 2.85. The Morgan fingerprint density at radius 2 is 2.29 bits per heavy atom. The number of aromatic nitrogens is 2. The predicted octanol–water partition coefficient (Wildman–Crippen LogP) is -0.485. The Morgan fingerprint density at radius 1 is 1.59 bits per heavy atom.